The minimum absolute atomic E-state index is 0.0788. The van der Waals surface area contributed by atoms with Crippen LogP contribution in [0.25, 0.3) is 16.7 Å². The van der Waals surface area contributed by atoms with Crippen molar-refractivity contribution in [3.8, 4) is 5.69 Å². The van der Waals surface area contributed by atoms with Gasteiger partial charge in [-0.15, -0.1) is 0 Å². The van der Waals surface area contributed by atoms with Crippen LogP contribution in [-0.4, -0.2) is 46.5 Å². The van der Waals surface area contributed by atoms with Gasteiger partial charge in [0.1, 0.15) is 6.33 Å². The molecule has 0 radical (unpaired) electrons. The van der Waals surface area contributed by atoms with E-state index in [0.29, 0.717) is 5.56 Å². The van der Waals surface area contributed by atoms with Gasteiger partial charge in [-0.05, 0) is 55.0 Å². The van der Waals surface area contributed by atoms with Crippen LogP contribution in [0.5, 0.6) is 0 Å². The zero-order chi connectivity index (χ0) is 20.5. The maximum absolute atomic E-state index is 13.1. The van der Waals surface area contributed by atoms with Crippen LogP contribution in [0.1, 0.15) is 15.9 Å². The molecule has 1 amide bonds. The molecule has 0 N–H and O–H groups in total. The lowest BCUT2D eigenvalue weighted by Gasteiger charge is -2.36. The van der Waals surface area contributed by atoms with Crippen molar-refractivity contribution < 1.29 is 4.79 Å². The zero-order valence-corrected chi connectivity index (χ0v) is 17.0. The van der Waals surface area contributed by atoms with Gasteiger partial charge in [-0.2, -0.15) is 0 Å². The molecule has 1 aliphatic heterocycles. The number of piperazine rings is 1. The predicted molar refractivity (Wildman–Crippen MR) is 120 cm³/mol. The van der Waals surface area contributed by atoms with Gasteiger partial charge < -0.3 is 9.80 Å². The van der Waals surface area contributed by atoms with Gasteiger partial charge in [0.15, 0.2) is 0 Å². The molecule has 5 rings (SSSR count). The Morgan fingerprint density at radius 3 is 2.37 bits per heavy atom. The van der Waals surface area contributed by atoms with E-state index in [2.05, 4.69) is 41.1 Å². The molecule has 5 nitrogen and oxygen atoms in total. The fourth-order valence-electron chi connectivity index (χ4n) is 4.12. The number of benzene rings is 3. The number of fused-ring (bicyclic) bond motifs is 1. The number of carbonyl (C=O) groups is 1. The summed E-state index contributed by atoms with van der Waals surface area (Å²) in [6, 6.07) is 24.5. The molecular formula is C25H24N4O. The van der Waals surface area contributed by atoms with E-state index in [1.54, 1.807) is 0 Å². The summed E-state index contributed by atoms with van der Waals surface area (Å²) in [5.74, 6) is 0.0788. The van der Waals surface area contributed by atoms with Crippen LogP contribution in [0.3, 0.4) is 0 Å². The molecule has 0 atom stereocenters. The van der Waals surface area contributed by atoms with E-state index in [4.69, 9.17) is 0 Å². The lowest BCUT2D eigenvalue weighted by atomic mass is 10.1. The maximum atomic E-state index is 13.1. The number of hydrogen-bond acceptors (Lipinski definition) is 3. The molecule has 0 saturated carbocycles. The van der Waals surface area contributed by atoms with Gasteiger partial charge in [0.2, 0.25) is 0 Å². The number of anilines is 1. The van der Waals surface area contributed by atoms with Crippen LogP contribution in [0.4, 0.5) is 5.69 Å². The number of rotatable bonds is 3. The van der Waals surface area contributed by atoms with Crippen LogP contribution in [0.2, 0.25) is 0 Å². The monoisotopic (exact) mass is 396 g/mol. The number of nitrogens with zero attached hydrogens (tertiary/aromatic N) is 4. The number of imidazole rings is 1. The highest BCUT2D eigenvalue weighted by atomic mass is 16.2. The number of para-hydroxylation sites is 1. The van der Waals surface area contributed by atoms with Crippen LogP contribution in [-0.2, 0) is 0 Å². The Labute approximate surface area is 176 Å². The summed E-state index contributed by atoms with van der Waals surface area (Å²) in [6.45, 7) is 5.26. The first-order chi connectivity index (χ1) is 14.7. The quantitative estimate of drug-likeness (QED) is 0.519. The molecule has 150 valence electrons. The Hall–Kier alpha value is -3.60. The lowest BCUT2D eigenvalue weighted by Crippen LogP contribution is -2.48. The summed E-state index contributed by atoms with van der Waals surface area (Å²) < 4.78 is 2.05. The standard InChI is InChI=1S/C25H24N4O/c1-19-6-5-9-22(16-19)27-12-14-28(15-13-27)25(30)20-10-11-24-23(17-20)26-18-29(24)21-7-3-2-4-8-21/h2-11,16-18H,12-15H2,1H3. The van der Waals surface area contributed by atoms with E-state index < -0.39 is 0 Å². The van der Waals surface area contributed by atoms with Gasteiger partial charge >= 0.3 is 0 Å². The zero-order valence-electron chi connectivity index (χ0n) is 17.0. The number of carbonyl (C=O) groups excluding carboxylic acids is 1. The van der Waals surface area contributed by atoms with Gasteiger partial charge in [0, 0.05) is 43.1 Å². The Morgan fingerprint density at radius 1 is 0.833 bits per heavy atom. The first-order valence-corrected chi connectivity index (χ1v) is 10.3. The van der Waals surface area contributed by atoms with Gasteiger partial charge in [-0.1, -0.05) is 30.3 Å². The highest BCUT2D eigenvalue weighted by Crippen LogP contribution is 2.22. The fourth-order valence-corrected chi connectivity index (χ4v) is 4.12. The molecule has 3 aromatic carbocycles. The minimum atomic E-state index is 0.0788. The Kier molecular flexibility index (Phi) is 4.71. The molecule has 0 bridgehead atoms. The van der Waals surface area contributed by atoms with Crippen molar-refractivity contribution in [3.63, 3.8) is 0 Å². The number of aryl methyl sites for hydroxylation is 1. The maximum Gasteiger partial charge on any atom is 0.254 e. The Morgan fingerprint density at radius 2 is 1.60 bits per heavy atom. The van der Waals surface area contributed by atoms with Crippen molar-refractivity contribution in [1.29, 1.82) is 0 Å². The second-order valence-electron chi connectivity index (χ2n) is 7.77. The van der Waals surface area contributed by atoms with E-state index in [0.717, 1.165) is 42.9 Å². The summed E-state index contributed by atoms with van der Waals surface area (Å²) in [4.78, 5) is 21.9. The summed E-state index contributed by atoms with van der Waals surface area (Å²) in [7, 11) is 0. The second-order valence-corrected chi connectivity index (χ2v) is 7.77. The van der Waals surface area contributed by atoms with Crippen molar-refractivity contribution in [2.45, 2.75) is 6.92 Å². The highest BCUT2D eigenvalue weighted by molar-refractivity contribution is 5.97. The summed E-state index contributed by atoms with van der Waals surface area (Å²) >= 11 is 0. The van der Waals surface area contributed by atoms with Gasteiger partial charge in [0.05, 0.1) is 11.0 Å². The molecule has 5 heteroatoms. The van der Waals surface area contributed by atoms with Crippen molar-refractivity contribution in [3.05, 3.63) is 90.3 Å². The summed E-state index contributed by atoms with van der Waals surface area (Å²) in [5, 5.41) is 0. The molecule has 1 fully saturated rings. The van der Waals surface area contributed by atoms with Crippen molar-refractivity contribution >= 4 is 22.6 Å². The smallest absolute Gasteiger partial charge is 0.254 e. The molecule has 30 heavy (non-hydrogen) atoms. The molecule has 0 unspecified atom stereocenters. The first-order valence-electron chi connectivity index (χ1n) is 10.3. The van der Waals surface area contributed by atoms with Crippen LogP contribution in [0.15, 0.2) is 79.1 Å². The third-order valence-electron chi connectivity index (χ3n) is 5.76. The van der Waals surface area contributed by atoms with Crippen molar-refractivity contribution in [2.24, 2.45) is 0 Å². The number of hydrogen-bond donors (Lipinski definition) is 0. The molecule has 1 aliphatic rings. The van der Waals surface area contributed by atoms with Gasteiger partial charge in [-0.25, -0.2) is 4.98 Å². The molecule has 1 aromatic heterocycles. The minimum Gasteiger partial charge on any atom is -0.368 e. The molecule has 1 saturated heterocycles. The van der Waals surface area contributed by atoms with Crippen molar-refractivity contribution in [2.75, 3.05) is 31.1 Å². The van der Waals surface area contributed by atoms with Crippen molar-refractivity contribution in [1.82, 2.24) is 14.5 Å². The fraction of sp³-hybridized carbons (Fsp3) is 0.200. The van der Waals surface area contributed by atoms with E-state index >= 15 is 0 Å². The Balaban J connectivity index is 1.32. The third-order valence-corrected chi connectivity index (χ3v) is 5.76. The predicted octanol–water partition coefficient (Wildman–Crippen LogP) is 4.30. The molecule has 2 heterocycles. The van der Waals surface area contributed by atoms with Crippen LogP contribution >= 0.6 is 0 Å². The van der Waals surface area contributed by atoms with E-state index in [-0.39, 0.29) is 5.91 Å². The first kappa shape index (κ1) is 18.4. The largest absolute Gasteiger partial charge is 0.368 e. The molecule has 4 aromatic rings. The van der Waals surface area contributed by atoms with Gasteiger partial charge in [-0.3, -0.25) is 9.36 Å². The Bertz CT molecular complexity index is 1190. The van der Waals surface area contributed by atoms with Gasteiger partial charge in [0.25, 0.3) is 5.91 Å². The molecule has 0 spiro atoms. The topological polar surface area (TPSA) is 41.4 Å². The average Bonchev–Trinajstić information content (AvgIpc) is 3.22. The van der Waals surface area contributed by atoms with Crippen LogP contribution < -0.4 is 4.90 Å². The summed E-state index contributed by atoms with van der Waals surface area (Å²) in [5.41, 5.74) is 6.09. The number of aromatic nitrogens is 2. The molecule has 0 aliphatic carbocycles. The number of amides is 1. The third kappa shape index (κ3) is 3.43. The van der Waals surface area contributed by atoms with E-state index in [1.165, 1.54) is 11.3 Å². The summed E-state index contributed by atoms with van der Waals surface area (Å²) in [6.07, 6.45) is 1.81. The van der Waals surface area contributed by atoms with E-state index in [9.17, 15) is 4.79 Å². The highest BCUT2D eigenvalue weighted by Gasteiger charge is 2.23. The molecular weight excluding hydrogens is 372 g/mol. The normalized spacial score (nSPS) is 14.3. The second kappa shape index (κ2) is 7.67. The van der Waals surface area contributed by atoms with Crippen LogP contribution in [0, 0.1) is 6.92 Å². The lowest BCUT2D eigenvalue weighted by molar-refractivity contribution is 0.0747. The van der Waals surface area contributed by atoms with E-state index in [1.807, 2.05) is 64.3 Å². The average molecular weight is 396 g/mol. The SMILES string of the molecule is Cc1cccc(N2CCN(C(=O)c3ccc4c(c3)ncn4-c3ccccc3)CC2)c1.